The molecule has 23 heavy (non-hydrogen) atoms. The van der Waals surface area contributed by atoms with E-state index < -0.39 is 0 Å². The molecule has 5 nitrogen and oxygen atoms in total. The van der Waals surface area contributed by atoms with E-state index in [2.05, 4.69) is 6.92 Å². The number of hydrogen-bond donors (Lipinski definition) is 0. The third-order valence-electron chi connectivity index (χ3n) is 5.84. The standard InChI is InChI=1S/C18H28N2O3/c1-12-7-8-19(10-12)18(23)15-5-3-14(4-6-15)11-20-16(21)9-13(2)17(20)22/h12-15H,3-11H2,1-2H3/t12-,13?,14?,15?/m1/s1. The zero-order valence-corrected chi connectivity index (χ0v) is 14.3. The quantitative estimate of drug-likeness (QED) is 0.748. The summed E-state index contributed by atoms with van der Waals surface area (Å²) in [7, 11) is 0. The van der Waals surface area contributed by atoms with E-state index in [1.54, 1.807) is 0 Å². The van der Waals surface area contributed by atoms with Gasteiger partial charge in [0, 0.05) is 37.9 Å². The van der Waals surface area contributed by atoms with Gasteiger partial charge in [-0.25, -0.2) is 0 Å². The van der Waals surface area contributed by atoms with Crippen LogP contribution >= 0.6 is 0 Å². The van der Waals surface area contributed by atoms with Crippen LogP contribution in [-0.4, -0.2) is 47.2 Å². The van der Waals surface area contributed by atoms with Gasteiger partial charge in [-0.2, -0.15) is 0 Å². The molecule has 128 valence electrons. The van der Waals surface area contributed by atoms with Crippen LogP contribution in [0.4, 0.5) is 0 Å². The highest BCUT2D eigenvalue weighted by molar-refractivity contribution is 6.03. The van der Waals surface area contributed by atoms with Gasteiger partial charge in [-0.1, -0.05) is 13.8 Å². The number of hydrogen-bond acceptors (Lipinski definition) is 3. The van der Waals surface area contributed by atoms with Crippen molar-refractivity contribution in [2.24, 2.45) is 23.7 Å². The lowest BCUT2D eigenvalue weighted by atomic mass is 9.81. The van der Waals surface area contributed by atoms with Gasteiger partial charge in [-0.3, -0.25) is 19.3 Å². The van der Waals surface area contributed by atoms with Crippen LogP contribution in [0.2, 0.25) is 0 Å². The minimum atomic E-state index is -0.155. The van der Waals surface area contributed by atoms with E-state index >= 15 is 0 Å². The summed E-state index contributed by atoms with van der Waals surface area (Å²) in [6.07, 6.45) is 5.19. The fraction of sp³-hybridized carbons (Fsp3) is 0.833. The molecule has 0 aromatic rings. The maximum absolute atomic E-state index is 12.6. The zero-order valence-electron chi connectivity index (χ0n) is 14.3. The number of likely N-dealkylation sites (tertiary alicyclic amines) is 2. The number of nitrogens with zero attached hydrogens (tertiary/aromatic N) is 2. The van der Waals surface area contributed by atoms with Gasteiger partial charge in [0.2, 0.25) is 17.7 Å². The Morgan fingerprint density at radius 2 is 1.78 bits per heavy atom. The summed E-state index contributed by atoms with van der Waals surface area (Å²) in [6.45, 7) is 6.41. The largest absolute Gasteiger partial charge is 0.342 e. The molecule has 2 heterocycles. The molecule has 3 rings (SSSR count). The van der Waals surface area contributed by atoms with Crippen molar-refractivity contribution in [2.45, 2.75) is 52.4 Å². The zero-order chi connectivity index (χ0) is 16.6. The van der Waals surface area contributed by atoms with Crippen LogP contribution in [0, 0.1) is 23.7 Å². The average Bonchev–Trinajstić information content (AvgIpc) is 3.06. The number of amides is 3. The molecule has 0 bridgehead atoms. The van der Waals surface area contributed by atoms with Crippen LogP contribution < -0.4 is 0 Å². The summed E-state index contributed by atoms with van der Waals surface area (Å²) in [6, 6.07) is 0. The number of rotatable bonds is 3. The van der Waals surface area contributed by atoms with Crippen molar-refractivity contribution in [1.29, 1.82) is 0 Å². The van der Waals surface area contributed by atoms with E-state index in [4.69, 9.17) is 0 Å². The fourth-order valence-electron chi connectivity index (χ4n) is 4.28. The van der Waals surface area contributed by atoms with E-state index in [-0.39, 0.29) is 23.7 Å². The Hall–Kier alpha value is -1.39. The highest BCUT2D eigenvalue weighted by Gasteiger charge is 2.38. The summed E-state index contributed by atoms with van der Waals surface area (Å²) in [5.74, 6) is 1.29. The smallest absolute Gasteiger partial charge is 0.232 e. The molecule has 5 heteroatoms. The Balaban J connectivity index is 1.48. The third-order valence-corrected chi connectivity index (χ3v) is 5.84. The van der Waals surface area contributed by atoms with Crippen molar-refractivity contribution in [2.75, 3.05) is 19.6 Å². The Kier molecular flexibility index (Phi) is 4.74. The van der Waals surface area contributed by atoms with Gasteiger partial charge < -0.3 is 4.90 Å². The van der Waals surface area contributed by atoms with Gasteiger partial charge >= 0.3 is 0 Å². The first-order valence-electron chi connectivity index (χ1n) is 9.08. The second kappa shape index (κ2) is 6.62. The Bertz CT molecular complexity index is 496. The van der Waals surface area contributed by atoms with Gasteiger partial charge in [-0.05, 0) is 43.9 Å². The number of carbonyl (C=O) groups excluding carboxylic acids is 3. The minimum absolute atomic E-state index is 0.0146. The van der Waals surface area contributed by atoms with Crippen LogP contribution in [0.25, 0.3) is 0 Å². The van der Waals surface area contributed by atoms with E-state index in [0.717, 1.165) is 45.2 Å². The maximum atomic E-state index is 12.6. The molecule has 0 N–H and O–H groups in total. The molecule has 0 spiro atoms. The number of carbonyl (C=O) groups is 3. The van der Waals surface area contributed by atoms with E-state index in [1.807, 2.05) is 11.8 Å². The highest BCUT2D eigenvalue weighted by Crippen LogP contribution is 2.33. The van der Waals surface area contributed by atoms with Crippen molar-refractivity contribution in [3.63, 3.8) is 0 Å². The minimum Gasteiger partial charge on any atom is -0.342 e. The van der Waals surface area contributed by atoms with Crippen molar-refractivity contribution in [3.05, 3.63) is 0 Å². The van der Waals surface area contributed by atoms with Crippen molar-refractivity contribution >= 4 is 17.7 Å². The van der Waals surface area contributed by atoms with Gasteiger partial charge in [-0.15, -0.1) is 0 Å². The van der Waals surface area contributed by atoms with Gasteiger partial charge in [0.25, 0.3) is 0 Å². The lowest BCUT2D eigenvalue weighted by Crippen LogP contribution is -2.39. The van der Waals surface area contributed by atoms with E-state index in [9.17, 15) is 14.4 Å². The molecular formula is C18H28N2O3. The molecule has 0 aromatic heterocycles. The van der Waals surface area contributed by atoms with E-state index in [0.29, 0.717) is 30.7 Å². The molecule has 2 saturated heterocycles. The molecule has 2 atom stereocenters. The highest BCUT2D eigenvalue weighted by atomic mass is 16.2. The molecule has 3 amide bonds. The first-order valence-corrected chi connectivity index (χ1v) is 9.08. The van der Waals surface area contributed by atoms with Gasteiger partial charge in [0.05, 0.1) is 0 Å². The van der Waals surface area contributed by atoms with Crippen molar-refractivity contribution in [1.82, 2.24) is 9.80 Å². The second-order valence-electron chi connectivity index (χ2n) is 7.84. The average molecular weight is 320 g/mol. The van der Waals surface area contributed by atoms with Gasteiger partial charge in [0.1, 0.15) is 0 Å². The lowest BCUT2D eigenvalue weighted by molar-refractivity contribution is -0.141. The molecule has 1 aliphatic carbocycles. The van der Waals surface area contributed by atoms with Crippen LogP contribution in [0.5, 0.6) is 0 Å². The van der Waals surface area contributed by atoms with E-state index in [1.165, 1.54) is 4.90 Å². The van der Waals surface area contributed by atoms with Crippen LogP contribution in [0.1, 0.15) is 52.4 Å². The van der Waals surface area contributed by atoms with Crippen LogP contribution in [0.15, 0.2) is 0 Å². The second-order valence-corrected chi connectivity index (χ2v) is 7.84. The van der Waals surface area contributed by atoms with Crippen molar-refractivity contribution in [3.8, 4) is 0 Å². The third kappa shape index (κ3) is 3.43. The monoisotopic (exact) mass is 320 g/mol. The topological polar surface area (TPSA) is 57.7 Å². The summed E-state index contributed by atoms with van der Waals surface area (Å²) in [5, 5.41) is 0. The molecule has 3 fully saturated rings. The van der Waals surface area contributed by atoms with Crippen molar-refractivity contribution < 1.29 is 14.4 Å². The molecule has 2 aliphatic heterocycles. The molecule has 3 aliphatic rings. The summed E-state index contributed by atoms with van der Waals surface area (Å²) in [4.78, 5) is 39.9. The fourth-order valence-corrected chi connectivity index (χ4v) is 4.28. The van der Waals surface area contributed by atoms with Gasteiger partial charge in [0.15, 0.2) is 0 Å². The molecule has 1 unspecified atom stereocenters. The lowest BCUT2D eigenvalue weighted by Gasteiger charge is -2.32. The Morgan fingerprint density at radius 3 is 2.30 bits per heavy atom. The predicted octanol–water partition coefficient (Wildman–Crippen LogP) is 2.06. The summed E-state index contributed by atoms with van der Waals surface area (Å²) < 4.78 is 0. The number of imide groups is 1. The summed E-state index contributed by atoms with van der Waals surface area (Å²) >= 11 is 0. The molecule has 0 radical (unpaired) electrons. The Labute approximate surface area is 138 Å². The predicted molar refractivity (Wildman–Crippen MR) is 86.3 cm³/mol. The first-order chi connectivity index (χ1) is 11.0. The van der Waals surface area contributed by atoms with Crippen LogP contribution in [-0.2, 0) is 14.4 Å². The molecule has 0 aromatic carbocycles. The Morgan fingerprint density at radius 1 is 1.09 bits per heavy atom. The summed E-state index contributed by atoms with van der Waals surface area (Å²) in [5.41, 5.74) is 0. The SMILES string of the molecule is CC1CC(=O)N(CC2CCC(C(=O)N3CC[C@@H](C)C3)CC2)C1=O. The maximum Gasteiger partial charge on any atom is 0.232 e. The normalized spacial score (nSPS) is 35.2. The molecule has 1 saturated carbocycles. The molecular weight excluding hydrogens is 292 g/mol. The first kappa shape index (κ1) is 16.5. The van der Waals surface area contributed by atoms with Crippen LogP contribution in [0.3, 0.4) is 0 Å².